The van der Waals surface area contributed by atoms with Gasteiger partial charge in [0.1, 0.15) is 13.2 Å². The van der Waals surface area contributed by atoms with Gasteiger partial charge in [-0.15, -0.1) is 0 Å². The van der Waals surface area contributed by atoms with Crippen LogP contribution in [0.4, 0.5) is 0 Å². The third-order valence-electron chi connectivity index (χ3n) is 4.02. The summed E-state index contributed by atoms with van der Waals surface area (Å²) in [5.74, 6) is -1.09. The van der Waals surface area contributed by atoms with Gasteiger partial charge in [0.2, 0.25) is 0 Å². The van der Waals surface area contributed by atoms with Crippen molar-refractivity contribution in [3.05, 3.63) is 76.2 Å². The second-order valence-electron chi connectivity index (χ2n) is 5.84. The quantitative estimate of drug-likeness (QED) is 0.674. The number of hydrogen-bond donors (Lipinski definition) is 1. The zero-order chi connectivity index (χ0) is 19.2. The number of nitrogens with zero attached hydrogens (tertiary/aromatic N) is 2. The van der Waals surface area contributed by atoms with Gasteiger partial charge >= 0.3 is 5.97 Å². The van der Waals surface area contributed by atoms with Gasteiger partial charge in [0.05, 0.1) is 5.39 Å². The summed E-state index contributed by atoms with van der Waals surface area (Å²) in [5, 5.41) is 7.49. The summed E-state index contributed by atoms with van der Waals surface area (Å²) in [6, 6.07) is 16.0. The molecule has 7 nitrogen and oxygen atoms in total. The molecule has 0 unspecified atom stereocenters. The molecule has 0 fully saturated rings. The van der Waals surface area contributed by atoms with E-state index in [0.717, 1.165) is 5.56 Å². The highest BCUT2D eigenvalue weighted by Gasteiger charge is 2.17. The molecular weight excluding hydrogens is 346 g/mol. The van der Waals surface area contributed by atoms with E-state index in [1.165, 1.54) is 4.68 Å². The molecule has 0 radical (unpaired) electrons. The first kappa shape index (κ1) is 18.3. The third-order valence-corrected chi connectivity index (χ3v) is 4.02. The molecule has 1 aromatic heterocycles. The standard InChI is InChI=1S/C20H19N3O4/c1-2-23-20(26)16-11-7-6-10-15(16)18(22-23)19(25)21-12-17(24)27-13-14-8-4-3-5-9-14/h3-11H,2,12-13H2,1H3,(H,21,25). The molecule has 27 heavy (non-hydrogen) atoms. The maximum Gasteiger partial charge on any atom is 0.325 e. The zero-order valence-electron chi connectivity index (χ0n) is 14.8. The number of benzene rings is 2. The Morgan fingerprint density at radius 3 is 2.41 bits per heavy atom. The van der Waals surface area contributed by atoms with Crippen molar-refractivity contribution < 1.29 is 14.3 Å². The molecule has 0 spiro atoms. The number of nitrogens with one attached hydrogen (secondary N) is 1. The Bertz CT molecular complexity index is 1030. The molecule has 1 amide bonds. The molecule has 0 aliphatic carbocycles. The Kier molecular flexibility index (Phi) is 5.61. The van der Waals surface area contributed by atoms with E-state index in [4.69, 9.17) is 4.74 Å². The molecule has 138 valence electrons. The van der Waals surface area contributed by atoms with Crippen LogP contribution in [0.2, 0.25) is 0 Å². The van der Waals surface area contributed by atoms with E-state index in [-0.39, 0.29) is 24.4 Å². The lowest BCUT2D eigenvalue weighted by Gasteiger charge is -2.10. The van der Waals surface area contributed by atoms with E-state index < -0.39 is 11.9 Å². The Balaban J connectivity index is 1.70. The van der Waals surface area contributed by atoms with Crippen LogP contribution in [0.25, 0.3) is 10.8 Å². The third kappa shape index (κ3) is 4.20. The van der Waals surface area contributed by atoms with Crippen molar-refractivity contribution in [2.75, 3.05) is 6.54 Å². The summed E-state index contributed by atoms with van der Waals surface area (Å²) >= 11 is 0. The summed E-state index contributed by atoms with van der Waals surface area (Å²) < 4.78 is 6.36. The molecule has 0 atom stereocenters. The maximum atomic E-state index is 12.5. The zero-order valence-corrected chi connectivity index (χ0v) is 14.8. The van der Waals surface area contributed by atoms with Crippen molar-refractivity contribution in [3.63, 3.8) is 0 Å². The predicted octanol–water partition coefficient (Wildman–Crippen LogP) is 1.89. The number of esters is 1. The number of rotatable bonds is 6. The van der Waals surface area contributed by atoms with Gasteiger partial charge in [0.15, 0.2) is 5.69 Å². The fourth-order valence-electron chi connectivity index (χ4n) is 2.64. The SMILES string of the molecule is CCn1nc(C(=O)NCC(=O)OCc2ccccc2)c2ccccc2c1=O. The molecule has 0 aliphatic heterocycles. The van der Waals surface area contributed by atoms with Crippen LogP contribution in [0.1, 0.15) is 23.0 Å². The molecule has 1 N–H and O–H groups in total. The van der Waals surface area contributed by atoms with E-state index in [1.807, 2.05) is 30.3 Å². The lowest BCUT2D eigenvalue weighted by molar-refractivity contribution is -0.143. The molecular formula is C20H19N3O4. The fourth-order valence-corrected chi connectivity index (χ4v) is 2.64. The monoisotopic (exact) mass is 365 g/mol. The number of aryl methyl sites for hydroxylation is 1. The van der Waals surface area contributed by atoms with Crippen LogP contribution in [0, 0.1) is 0 Å². The largest absolute Gasteiger partial charge is 0.460 e. The number of ether oxygens (including phenoxy) is 1. The second-order valence-corrected chi connectivity index (χ2v) is 5.84. The summed E-state index contributed by atoms with van der Waals surface area (Å²) in [6.45, 7) is 1.96. The molecule has 7 heteroatoms. The van der Waals surface area contributed by atoms with Crippen LogP contribution in [-0.4, -0.2) is 28.2 Å². The van der Waals surface area contributed by atoms with Crippen molar-refractivity contribution in [3.8, 4) is 0 Å². The first-order chi connectivity index (χ1) is 13.1. The van der Waals surface area contributed by atoms with Crippen LogP contribution < -0.4 is 10.9 Å². The summed E-state index contributed by atoms with van der Waals surface area (Å²) in [4.78, 5) is 36.7. The van der Waals surface area contributed by atoms with E-state index in [0.29, 0.717) is 17.3 Å². The second kappa shape index (κ2) is 8.27. The molecule has 0 bridgehead atoms. The van der Waals surface area contributed by atoms with E-state index in [9.17, 15) is 14.4 Å². The average Bonchev–Trinajstić information content (AvgIpc) is 2.71. The Labute approximate surface area is 155 Å². The number of carbonyl (C=O) groups is 2. The number of aromatic nitrogens is 2. The van der Waals surface area contributed by atoms with Crippen LogP contribution >= 0.6 is 0 Å². The molecule has 0 saturated heterocycles. The number of fused-ring (bicyclic) bond motifs is 1. The highest BCUT2D eigenvalue weighted by atomic mass is 16.5. The van der Waals surface area contributed by atoms with Gasteiger partial charge in [-0.2, -0.15) is 5.10 Å². The average molecular weight is 365 g/mol. The Morgan fingerprint density at radius 2 is 1.70 bits per heavy atom. The first-order valence-corrected chi connectivity index (χ1v) is 8.57. The smallest absolute Gasteiger partial charge is 0.325 e. The summed E-state index contributed by atoms with van der Waals surface area (Å²) in [6.07, 6.45) is 0. The molecule has 3 aromatic rings. The number of amides is 1. The Hall–Kier alpha value is -3.48. The number of carbonyl (C=O) groups excluding carboxylic acids is 2. The van der Waals surface area contributed by atoms with Crippen molar-refractivity contribution in [1.82, 2.24) is 15.1 Å². The Morgan fingerprint density at radius 1 is 1.04 bits per heavy atom. The summed E-state index contributed by atoms with van der Waals surface area (Å²) in [5.41, 5.74) is 0.703. The minimum absolute atomic E-state index is 0.0999. The molecule has 0 aliphatic rings. The molecule has 2 aromatic carbocycles. The highest BCUT2D eigenvalue weighted by molar-refractivity contribution is 6.05. The van der Waals surface area contributed by atoms with E-state index in [2.05, 4.69) is 10.4 Å². The minimum atomic E-state index is -0.555. The van der Waals surface area contributed by atoms with Crippen molar-refractivity contribution in [2.24, 2.45) is 0 Å². The lowest BCUT2D eigenvalue weighted by atomic mass is 10.1. The van der Waals surface area contributed by atoms with Crippen molar-refractivity contribution in [1.29, 1.82) is 0 Å². The molecule has 1 heterocycles. The van der Waals surface area contributed by atoms with Gasteiger partial charge < -0.3 is 10.1 Å². The van der Waals surface area contributed by atoms with Gasteiger partial charge in [0, 0.05) is 11.9 Å². The van der Waals surface area contributed by atoms with Crippen LogP contribution in [0.15, 0.2) is 59.4 Å². The van der Waals surface area contributed by atoms with Gasteiger partial charge in [-0.25, -0.2) is 4.68 Å². The predicted molar refractivity (Wildman–Crippen MR) is 100 cm³/mol. The van der Waals surface area contributed by atoms with Crippen molar-refractivity contribution >= 4 is 22.6 Å². The first-order valence-electron chi connectivity index (χ1n) is 8.57. The van der Waals surface area contributed by atoms with Crippen LogP contribution in [0.5, 0.6) is 0 Å². The topological polar surface area (TPSA) is 90.3 Å². The summed E-state index contributed by atoms with van der Waals surface area (Å²) in [7, 11) is 0. The van der Waals surface area contributed by atoms with Gasteiger partial charge in [-0.05, 0) is 18.6 Å². The normalized spacial score (nSPS) is 10.6. The van der Waals surface area contributed by atoms with Gasteiger partial charge in [-0.3, -0.25) is 14.4 Å². The molecule has 3 rings (SSSR count). The molecule has 0 saturated carbocycles. The van der Waals surface area contributed by atoms with Crippen molar-refractivity contribution in [2.45, 2.75) is 20.1 Å². The van der Waals surface area contributed by atoms with Crippen LogP contribution in [0.3, 0.4) is 0 Å². The van der Waals surface area contributed by atoms with E-state index in [1.54, 1.807) is 31.2 Å². The van der Waals surface area contributed by atoms with Gasteiger partial charge in [0.25, 0.3) is 11.5 Å². The lowest BCUT2D eigenvalue weighted by Crippen LogP contribution is -2.33. The highest BCUT2D eigenvalue weighted by Crippen LogP contribution is 2.13. The maximum absolute atomic E-state index is 12.5. The fraction of sp³-hybridized carbons (Fsp3) is 0.200. The van der Waals surface area contributed by atoms with E-state index >= 15 is 0 Å². The van der Waals surface area contributed by atoms with Crippen LogP contribution in [-0.2, 0) is 22.7 Å². The van der Waals surface area contributed by atoms with Gasteiger partial charge in [-0.1, -0.05) is 48.5 Å². The number of hydrogen-bond acceptors (Lipinski definition) is 5. The minimum Gasteiger partial charge on any atom is -0.460 e.